The number of methoxy groups -OCH3 is 1. The molecular weight excluding hydrogens is 288 g/mol. The van der Waals surface area contributed by atoms with E-state index in [1.54, 1.807) is 7.11 Å². The van der Waals surface area contributed by atoms with Crippen molar-refractivity contribution in [3.05, 3.63) is 11.6 Å². The number of amides is 1. The van der Waals surface area contributed by atoms with E-state index in [9.17, 15) is 4.79 Å². The number of carbonyl (C=O) groups is 1. The van der Waals surface area contributed by atoms with Crippen molar-refractivity contribution in [3.8, 4) is 0 Å². The van der Waals surface area contributed by atoms with Crippen LogP contribution in [0, 0.1) is 5.92 Å². The molecular formula is C14H22N4O2S. The third-order valence-corrected chi connectivity index (χ3v) is 5.44. The van der Waals surface area contributed by atoms with Gasteiger partial charge in [0.15, 0.2) is 11.6 Å². The van der Waals surface area contributed by atoms with E-state index in [0.29, 0.717) is 12.5 Å². The highest BCUT2D eigenvalue weighted by Crippen LogP contribution is 2.30. The number of ether oxygens (including phenoxy) is 1. The number of carbonyl (C=O) groups excluding carboxylic acids is 1. The van der Waals surface area contributed by atoms with Gasteiger partial charge in [-0.15, -0.1) is 10.2 Å². The zero-order valence-electron chi connectivity index (χ0n) is 12.6. The molecule has 0 bridgehead atoms. The fourth-order valence-electron chi connectivity index (χ4n) is 3.16. The van der Waals surface area contributed by atoms with Gasteiger partial charge >= 0.3 is 0 Å². The molecule has 0 radical (unpaired) electrons. The number of aromatic nitrogens is 3. The summed E-state index contributed by atoms with van der Waals surface area (Å²) in [5, 5.41) is 8.46. The van der Waals surface area contributed by atoms with E-state index in [1.165, 1.54) is 0 Å². The summed E-state index contributed by atoms with van der Waals surface area (Å²) in [7, 11) is 1.66. The van der Waals surface area contributed by atoms with E-state index in [4.69, 9.17) is 4.74 Å². The Morgan fingerprint density at radius 1 is 1.33 bits per heavy atom. The summed E-state index contributed by atoms with van der Waals surface area (Å²) in [4.78, 5) is 14.7. The van der Waals surface area contributed by atoms with Gasteiger partial charge in [-0.05, 0) is 31.3 Å². The highest BCUT2D eigenvalue weighted by atomic mass is 32.2. The molecule has 1 unspecified atom stereocenters. The summed E-state index contributed by atoms with van der Waals surface area (Å²) in [6.07, 6.45) is 2.02. The summed E-state index contributed by atoms with van der Waals surface area (Å²) >= 11 is 1.95. The van der Waals surface area contributed by atoms with Gasteiger partial charge in [0.2, 0.25) is 5.91 Å². The highest BCUT2D eigenvalue weighted by Gasteiger charge is 2.34. The van der Waals surface area contributed by atoms with Crippen LogP contribution in [-0.2, 0) is 22.7 Å². The van der Waals surface area contributed by atoms with Gasteiger partial charge in [0.05, 0.1) is 6.04 Å². The van der Waals surface area contributed by atoms with Gasteiger partial charge in [-0.1, -0.05) is 0 Å². The van der Waals surface area contributed by atoms with Gasteiger partial charge in [0.25, 0.3) is 0 Å². The molecule has 1 saturated heterocycles. The van der Waals surface area contributed by atoms with Gasteiger partial charge in [-0.3, -0.25) is 4.79 Å². The largest absolute Gasteiger partial charge is 0.377 e. The molecule has 6 nitrogen and oxygen atoms in total. The van der Waals surface area contributed by atoms with E-state index in [0.717, 1.165) is 49.1 Å². The maximum Gasteiger partial charge on any atom is 0.226 e. The van der Waals surface area contributed by atoms with Gasteiger partial charge < -0.3 is 14.2 Å². The molecule has 0 N–H and O–H groups in total. The van der Waals surface area contributed by atoms with E-state index in [1.807, 2.05) is 23.6 Å². The predicted molar refractivity (Wildman–Crippen MR) is 80.9 cm³/mol. The first-order valence-corrected chi connectivity index (χ1v) is 8.67. The lowest BCUT2D eigenvalue weighted by molar-refractivity contribution is -0.139. The van der Waals surface area contributed by atoms with Crippen molar-refractivity contribution >= 4 is 17.7 Å². The maximum absolute atomic E-state index is 12.7. The molecule has 21 heavy (non-hydrogen) atoms. The average Bonchev–Trinajstić information content (AvgIpc) is 2.92. The second-order valence-corrected chi connectivity index (χ2v) is 6.88. The Kier molecular flexibility index (Phi) is 4.49. The first-order valence-electron chi connectivity index (χ1n) is 7.51. The number of fused-ring (bicyclic) bond motifs is 1. The Labute approximate surface area is 129 Å². The van der Waals surface area contributed by atoms with Gasteiger partial charge in [-0.2, -0.15) is 11.8 Å². The normalized spacial score (nSPS) is 23.1. The molecule has 1 aromatic heterocycles. The quantitative estimate of drug-likeness (QED) is 0.846. The number of nitrogens with zero attached hydrogens (tertiary/aromatic N) is 4. The van der Waals surface area contributed by atoms with E-state index >= 15 is 0 Å². The molecule has 0 aromatic carbocycles. The number of rotatable bonds is 3. The van der Waals surface area contributed by atoms with Crippen molar-refractivity contribution in [1.82, 2.24) is 19.7 Å². The Hall–Kier alpha value is -1.08. The van der Waals surface area contributed by atoms with Crippen molar-refractivity contribution < 1.29 is 9.53 Å². The minimum absolute atomic E-state index is 0.000985. The van der Waals surface area contributed by atoms with Crippen LogP contribution in [0.25, 0.3) is 0 Å². The van der Waals surface area contributed by atoms with Gasteiger partial charge in [0, 0.05) is 26.1 Å². The van der Waals surface area contributed by atoms with Crippen molar-refractivity contribution in [3.63, 3.8) is 0 Å². The fraction of sp³-hybridized carbons (Fsp3) is 0.786. The third-order valence-electron chi connectivity index (χ3n) is 4.39. The number of hydrogen-bond donors (Lipinski definition) is 0. The van der Waals surface area contributed by atoms with Gasteiger partial charge in [-0.25, -0.2) is 0 Å². The second-order valence-electron chi connectivity index (χ2n) is 5.65. The van der Waals surface area contributed by atoms with Crippen LogP contribution in [0.5, 0.6) is 0 Å². The summed E-state index contributed by atoms with van der Waals surface area (Å²) in [6.45, 7) is 4.02. The summed E-state index contributed by atoms with van der Waals surface area (Å²) in [5.74, 6) is 4.43. The van der Waals surface area contributed by atoms with Crippen LogP contribution < -0.4 is 0 Å². The van der Waals surface area contributed by atoms with E-state index < -0.39 is 0 Å². The standard InChI is InChI=1S/C14H22N4O2S/c1-10-13-16-15-12(9-20-2)18(13)6-5-17(10)14(19)11-3-7-21-8-4-11/h10-11H,3-9H2,1-2H3. The molecule has 0 spiro atoms. The predicted octanol–water partition coefficient (Wildman–Crippen LogP) is 1.47. The lowest BCUT2D eigenvalue weighted by Crippen LogP contribution is -2.45. The van der Waals surface area contributed by atoms with E-state index in [2.05, 4.69) is 14.8 Å². The van der Waals surface area contributed by atoms with Crippen LogP contribution in [0.15, 0.2) is 0 Å². The van der Waals surface area contributed by atoms with Crippen LogP contribution >= 0.6 is 11.8 Å². The molecule has 0 aliphatic carbocycles. The van der Waals surface area contributed by atoms with Crippen LogP contribution in [-0.4, -0.2) is 50.7 Å². The molecule has 3 rings (SSSR count). The first kappa shape index (κ1) is 14.8. The van der Waals surface area contributed by atoms with Crippen molar-refractivity contribution in [1.29, 1.82) is 0 Å². The van der Waals surface area contributed by atoms with Gasteiger partial charge in [0.1, 0.15) is 6.61 Å². The molecule has 116 valence electrons. The number of thioether (sulfide) groups is 1. The summed E-state index contributed by atoms with van der Waals surface area (Å²) in [6, 6.07) is -0.000985. The van der Waals surface area contributed by atoms with Crippen LogP contribution in [0.2, 0.25) is 0 Å². The average molecular weight is 310 g/mol. The molecule has 2 aliphatic rings. The molecule has 3 heterocycles. The van der Waals surface area contributed by atoms with Crippen molar-refractivity contribution in [2.24, 2.45) is 5.92 Å². The highest BCUT2D eigenvalue weighted by molar-refractivity contribution is 7.99. The van der Waals surface area contributed by atoms with E-state index in [-0.39, 0.29) is 12.0 Å². The molecule has 1 amide bonds. The fourth-order valence-corrected chi connectivity index (χ4v) is 4.27. The Morgan fingerprint density at radius 3 is 2.81 bits per heavy atom. The topological polar surface area (TPSA) is 60.3 Å². The maximum atomic E-state index is 12.7. The molecule has 7 heteroatoms. The first-order chi connectivity index (χ1) is 10.2. The van der Waals surface area contributed by atoms with Crippen LogP contribution in [0.3, 0.4) is 0 Å². The summed E-state index contributed by atoms with van der Waals surface area (Å²) in [5.41, 5.74) is 0. The monoisotopic (exact) mass is 310 g/mol. The zero-order valence-corrected chi connectivity index (χ0v) is 13.4. The molecule has 1 aromatic rings. The Bertz CT molecular complexity index is 513. The molecule has 1 atom stereocenters. The third kappa shape index (κ3) is 2.81. The van der Waals surface area contributed by atoms with Crippen LogP contribution in [0.4, 0.5) is 0 Å². The Morgan fingerprint density at radius 2 is 2.10 bits per heavy atom. The zero-order chi connectivity index (χ0) is 14.8. The number of hydrogen-bond acceptors (Lipinski definition) is 5. The summed E-state index contributed by atoms with van der Waals surface area (Å²) < 4.78 is 7.24. The van der Waals surface area contributed by atoms with Crippen molar-refractivity contribution in [2.75, 3.05) is 25.2 Å². The second kappa shape index (κ2) is 6.36. The lowest BCUT2D eigenvalue weighted by Gasteiger charge is -2.36. The molecule has 0 saturated carbocycles. The van der Waals surface area contributed by atoms with Crippen LogP contribution in [0.1, 0.15) is 37.5 Å². The minimum atomic E-state index is -0.000985. The molecule has 2 aliphatic heterocycles. The smallest absolute Gasteiger partial charge is 0.226 e. The minimum Gasteiger partial charge on any atom is -0.377 e. The molecule has 1 fully saturated rings. The van der Waals surface area contributed by atoms with Crippen molar-refractivity contribution in [2.45, 2.75) is 39.0 Å². The Balaban J connectivity index is 1.75. The lowest BCUT2D eigenvalue weighted by atomic mass is 9.99. The SMILES string of the molecule is COCc1nnc2n1CCN(C(=O)C1CCSCC1)C2C.